The highest BCUT2D eigenvalue weighted by Gasteiger charge is 2.13. The van der Waals surface area contributed by atoms with Crippen LogP contribution in [0, 0.1) is 0 Å². The molecule has 0 fully saturated rings. The van der Waals surface area contributed by atoms with Gasteiger partial charge in [-0.3, -0.25) is 9.48 Å². The Morgan fingerprint density at radius 3 is 3.05 bits per heavy atom. The van der Waals surface area contributed by atoms with Gasteiger partial charge >= 0.3 is 0 Å². The lowest BCUT2D eigenvalue weighted by molar-refractivity contribution is 0.0991. The van der Waals surface area contributed by atoms with Gasteiger partial charge in [-0.2, -0.15) is 5.10 Å². The molecular weight excluding hydrogens is 238 g/mol. The van der Waals surface area contributed by atoms with Crippen LogP contribution >= 0.6 is 0 Å². The van der Waals surface area contributed by atoms with Crippen LogP contribution in [0.15, 0.2) is 30.5 Å². The first-order chi connectivity index (χ1) is 9.22. The van der Waals surface area contributed by atoms with E-state index < -0.39 is 0 Å². The van der Waals surface area contributed by atoms with Gasteiger partial charge < -0.3 is 5.32 Å². The monoisotopic (exact) mass is 255 g/mol. The first-order valence-electron chi connectivity index (χ1n) is 6.56. The van der Waals surface area contributed by atoms with Crippen molar-refractivity contribution in [2.45, 2.75) is 19.4 Å². The van der Waals surface area contributed by atoms with E-state index in [0.29, 0.717) is 6.42 Å². The number of aromatic nitrogens is 2. The van der Waals surface area contributed by atoms with Gasteiger partial charge in [0, 0.05) is 25.4 Å². The van der Waals surface area contributed by atoms with E-state index in [9.17, 15) is 4.79 Å². The number of hydrogen-bond acceptors (Lipinski definition) is 3. The molecule has 4 heteroatoms. The normalized spacial score (nSPS) is 14.2. The molecule has 4 nitrogen and oxygen atoms in total. The summed E-state index contributed by atoms with van der Waals surface area (Å²) in [6.45, 7) is 1.88. The van der Waals surface area contributed by atoms with E-state index >= 15 is 0 Å². The molecule has 19 heavy (non-hydrogen) atoms. The van der Waals surface area contributed by atoms with E-state index in [1.165, 1.54) is 11.1 Å². The predicted octanol–water partition coefficient (Wildman–Crippen LogP) is 1.49. The zero-order valence-corrected chi connectivity index (χ0v) is 11.0. The minimum absolute atomic E-state index is 0.132. The van der Waals surface area contributed by atoms with Crippen LogP contribution < -0.4 is 5.32 Å². The molecule has 0 spiro atoms. The smallest absolute Gasteiger partial charge is 0.168 e. The third-order valence-electron chi connectivity index (χ3n) is 3.53. The van der Waals surface area contributed by atoms with Crippen molar-refractivity contribution < 1.29 is 4.79 Å². The molecule has 0 bridgehead atoms. The molecule has 2 heterocycles. The molecule has 0 radical (unpaired) electrons. The molecule has 3 rings (SSSR count). The van der Waals surface area contributed by atoms with Gasteiger partial charge in [-0.25, -0.2) is 0 Å². The van der Waals surface area contributed by atoms with Crippen molar-refractivity contribution in [3.63, 3.8) is 0 Å². The summed E-state index contributed by atoms with van der Waals surface area (Å²) in [5, 5.41) is 7.58. The topological polar surface area (TPSA) is 46.9 Å². The average molecular weight is 255 g/mol. The summed E-state index contributed by atoms with van der Waals surface area (Å²) >= 11 is 0. The summed E-state index contributed by atoms with van der Waals surface area (Å²) in [7, 11) is 1.86. The van der Waals surface area contributed by atoms with Crippen LogP contribution in [0.25, 0.3) is 0 Å². The minimum atomic E-state index is 0.132. The zero-order chi connectivity index (χ0) is 13.2. The van der Waals surface area contributed by atoms with Crippen LogP contribution in [-0.4, -0.2) is 22.1 Å². The first-order valence-corrected chi connectivity index (χ1v) is 6.56. The van der Waals surface area contributed by atoms with Crippen LogP contribution in [0.4, 0.5) is 0 Å². The molecule has 2 aromatic rings. The van der Waals surface area contributed by atoms with Crippen molar-refractivity contribution in [2.24, 2.45) is 7.05 Å². The largest absolute Gasteiger partial charge is 0.312 e. The molecule has 1 N–H and O–H groups in total. The molecule has 98 valence electrons. The number of nitrogens with zero attached hydrogens (tertiary/aromatic N) is 2. The highest BCUT2D eigenvalue weighted by atomic mass is 16.1. The Labute approximate surface area is 112 Å². The summed E-state index contributed by atoms with van der Waals surface area (Å²) in [5.74, 6) is 0.132. The average Bonchev–Trinajstić information content (AvgIpc) is 2.83. The van der Waals surface area contributed by atoms with Gasteiger partial charge in [0.2, 0.25) is 0 Å². The summed E-state index contributed by atoms with van der Waals surface area (Å²) in [5.41, 5.74) is 4.21. The van der Waals surface area contributed by atoms with Crippen molar-refractivity contribution in [3.8, 4) is 0 Å². The fraction of sp³-hybridized carbons (Fsp3) is 0.333. The molecule has 0 saturated heterocycles. The van der Waals surface area contributed by atoms with Crippen LogP contribution in [0.2, 0.25) is 0 Å². The lowest BCUT2D eigenvalue weighted by Gasteiger charge is -2.17. The van der Waals surface area contributed by atoms with Gasteiger partial charge in [-0.1, -0.05) is 12.1 Å². The van der Waals surface area contributed by atoms with E-state index in [4.69, 9.17) is 0 Å². The molecule has 1 aliphatic heterocycles. The maximum Gasteiger partial charge on any atom is 0.168 e. The zero-order valence-electron chi connectivity index (χ0n) is 11.0. The Morgan fingerprint density at radius 1 is 1.37 bits per heavy atom. The first kappa shape index (κ1) is 12.1. The number of ketones is 1. The summed E-state index contributed by atoms with van der Waals surface area (Å²) in [6, 6.07) is 7.93. The summed E-state index contributed by atoms with van der Waals surface area (Å²) < 4.78 is 1.72. The van der Waals surface area contributed by atoms with Crippen molar-refractivity contribution >= 4 is 5.78 Å². The molecule has 0 unspecified atom stereocenters. The summed E-state index contributed by atoms with van der Waals surface area (Å²) in [4.78, 5) is 12.2. The fourth-order valence-electron chi connectivity index (χ4n) is 2.48. The van der Waals surface area contributed by atoms with Crippen LogP contribution in [0.5, 0.6) is 0 Å². The van der Waals surface area contributed by atoms with Gasteiger partial charge in [0.1, 0.15) is 0 Å². The highest BCUT2D eigenvalue weighted by molar-refractivity contribution is 5.97. The van der Waals surface area contributed by atoms with Crippen molar-refractivity contribution in [1.82, 2.24) is 15.1 Å². The SMILES string of the molecule is Cn1ccc(CC(=O)c2ccc3c(c2)CNCC3)n1. The number of carbonyl (C=O) groups is 1. The van der Waals surface area contributed by atoms with Crippen molar-refractivity contribution in [2.75, 3.05) is 6.54 Å². The Morgan fingerprint density at radius 2 is 2.26 bits per heavy atom. The van der Waals surface area contributed by atoms with Crippen LogP contribution in [-0.2, 0) is 26.4 Å². The Kier molecular flexibility index (Phi) is 3.17. The molecule has 0 atom stereocenters. The number of carbonyl (C=O) groups excluding carboxylic acids is 1. The van der Waals surface area contributed by atoms with Crippen molar-refractivity contribution in [3.05, 3.63) is 52.8 Å². The third kappa shape index (κ3) is 2.58. The van der Waals surface area contributed by atoms with E-state index in [2.05, 4.69) is 16.5 Å². The lowest BCUT2D eigenvalue weighted by atomic mass is 9.96. The molecular formula is C15H17N3O. The minimum Gasteiger partial charge on any atom is -0.312 e. The van der Waals surface area contributed by atoms with Gasteiger partial charge in [-0.15, -0.1) is 0 Å². The van der Waals surface area contributed by atoms with E-state index in [0.717, 1.165) is 30.8 Å². The maximum absolute atomic E-state index is 12.2. The van der Waals surface area contributed by atoms with Gasteiger partial charge in [0.25, 0.3) is 0 Å². The molecule has 1 aromatic carbocycles. The van der Waals surface area contributed by atoms with Gasteiger partial charge in [0.15, 0.2) is 5.78 Å². The van der Waals surface area contributed by atoms with E-state index in [1.807, 2.05) is 31.4 Å². The number of rotatable bonds is 3. The maximum atomic E-state index is 12.2. The van der Waals surface area contributed by atoms with Crippen LogP contribution in [0.1, 0.15) is 27.2 Å². The number of fused-ring (bicyclic) bond motifs is 1. The molecule has 1 aromatic heterocycles. The second-order valence-electron chi connectivity index (χ2n) is 4.99. The van der Waals surface area contributed by atoms with Gasteiger partial charge in [-0.05, 0) is 36.2 Å². The Bertz CT molecular complexity index is 616. The Balaban J connectivity index is 1.80. The number of hydrogen-bond donors (Lipinski definition) is 1. The third-order valence-corrected chi connectivity index (χ3v) is 3.53. The number of nitrogens with one attached hydrogen (secondary N) is 1. The second kappa shape index (κ2) is 4.97. The van der Waals surface area contributed by atoms with Crippen molar-refractivity contribution in [1.29, 1.82) is 0 Å². The predicted molar refractivity (Wildman–Crippen MR) is 73.1 cm³/mol. The number of Topliss-reactive ketones (excluding diaryl/α,β-unsaturated/α-hetero) is 1. The fourth-order valence-corrected chi connectivity index (χ4v) is 2.48. The number of aryl methyl sites for hydroxylation is 1. The van der Waals surface area contributed by atoms with Gasteiger partial charge in [0.05, 0.1) is 12.1 Å². The molecule has 0 aliphatic carbocycles. The van der Waals surface area contributed by atoms with Crippen LogP contribution in [0.3, 0.4) is 0 Å². The molecule has 0 amide bonds. The van der Waals surface area contributed by atoms with E-state index in [1.54, 1.807) is 4.68 Å². The highest BCUT2D eigenvalue weighted by Crippen LogP contribution is 2.17. The molecule has 1 aliphatic rings. The standard InChI is InChI=1S/C15H17N3O/c1-18-7-5-14(17-18)9-15(19)12-3-2-11-4-6-16-10-13(11)8-12/h2-3,5,7-8,16H,4,6,9-10H2,1H3. The Hall–Kier alpha value is -1.94. The quantitative estimate of drug-likeness (QED) is 0.845. The number of benzene rings is 1. The summed E-state index contributed by atoms with van der Waals surface area (Å²) in [6.07, 6.45) is 3.27. The lowest BCUT2D eigenvalue weighted by Crippen LogP contribution is -2.24. The molecule has 0 saturated carbocycles. The second-order valence-corrected chi connectivity index (χ2v) is 4.99. The van der Waals surface area contributed by atoms with E-state index in [-0.39, 0.29) is 5.78 Å².